The molecule has 0 aliphatic carbocycles. The zero-order valence-electron chi connectivity index (χ0n) is 11.9. The summed E-state index contributed by atoms with van der Waals surface area (Å²) < 4.78 is 12.7. The monoisotopic (exact) mass is 274 g/mol. The van der Waals surface area contributed by atoms with Gasteiger partial charge in [-0.3, -0.25) is 0 Å². The van der Waals surface area contributed by atoms with Gasteiger partial charge in [-0.25, -0.2) is 4.68 Å². The minimum absolute atomic E-state index is 0.133. The molecule has 1 atom stereocenters. The van der Waals surface area contributed by atoms with Gasteiger partial charge in [0.25, 0.3) is 0 Å². The lowest BCUT2D eigenvalue weighted by Crippen LogP contribution is -2.25. The number of aryl methyl sites for hydroxylation is 1. The number of methoxy groups -OCH3 is 2. The maximum atomic E-state index is 5.50. The minimum Gasteiger partial charge on any atom is -0.497 e. The molecule has 0 bridgehead atoms. The SMILES string of the molecule is COc1ccc(C2CCNc3nc(C)nn32)c(OC)c1. The lowest BCUT2D eigenvalue weighted by atomic mass is 10.0. The normalized spacial score (nSPS) is 17.2. The summed E-state index contributed by atoms with van der Waals surface area (Å²) in [7, 11) is 3.32. The van der Waals surface area contributed by atoms with E-state index >= 15 is 0 Å². The second kappa shape index (κ2) is 5.03. The van der Waals surface area contributed by atoms with Gasteiger partial charge >= 0.3 is 0 Å². The summed E-state index contributed by atoms with van der Waals surface area (Å²) in [5.41, 5.74) is 1.10. The van der Waals surface area contributed by atoms with E-state index in [0.29, 0.717) is 0 Å². The Morgan fingerprint density at radius 3 is 2.90 bits per heavy atom. The van der Waals surface area contributed by atoms with Crippen LogP contribution in [0.5, 0.6) is 11.5 Å². The van der Waals surface area contributed by atoms with Crippen LogP contribution in [0.3, 0.4) is 0 Å². The highest BCUT2D eigenvalue weighted by molar-refractivity contribution is 5.44. The van der Waals surface area contributed by atoms with Crippen molar-refractivity contribution in [3.8, 4) is 11.5 Å². The van der Waals surface area contributed by atoms with E-state index in [0.717, 1.165) is 41.8 Å². The maximum absolute atomic E-state index is 5.50. The van der Waals surface area contributed by atoms with Gasteiger partial charge in [-0.1, -0.05) is 0 Å². The second-order valence-corrected chi connectivity index (χ2v) is 4.77. The van der Waals surface area contributed by atoms with Crippen LogP contribution >= 0.6 is 0 Å². The number of ether oxygens (including phenoxy) is 2. The topological polar surface area (TPSA) is 61.2 Å². The second-order valence-electron chi connectivity index (χ2n) is 4.77. The quantitative estimate of drug-likeness (QED) is 0.927. The van der Waals surface area contributed by atoms with Gasteiger partial charge in [0.1, 0.15) is 17.3 Å². The summed E-state index contributed by atoms with van der Waals surface area (Å²) >= 11 is 0. The van der Waals surface area contributed by atoms with Crippen LogP contribution in [0.1, 0.15) is 23.9 Å². The highest BCUT2D eigenvalue weighted by atomic mass is 16.5. The summed E-state index contributed by atoms with van der Waals surface area (Å²) in [6.07, 6.45) is 0.943. The first kappa shape index (κ1) is 12.8. The van der Waals surface area contributed by atoms with E-state index in [1.165, 1.54) is 0 Å². The van der Waals surface area contributed by atoms with E-state index in [1.807, 2.05) is 29.8 Å². The standard InChI is InChI=1S/C14H18N4O2/c1-9-16-14-15-7-6-12(18(14)17-9)11-5-4-10(19-2)8-13(11)20-3/h4-5,8,12H,6-7H2,1-3H3,(H,15,16,17). The highest BCUT2D eigenvalue weighted by Gasteiger charge is 2.26. The molecule has 0 radical (unpaired) electrons. The van der Waals surface area contributed by atoms with Crippen molar-refractivity contribution in [1.82, 2.24) is 14.8 Å². The number of hydrogen-bond acceptors (Lipinski definition) is 5. The van der Waals surface area contributed by atoms with Crippen LogP contribution in [0.25, 0.3) is 0 Å². The molecule has 0 saturated carbocycles. The van der Waals surface area contributed by atoms with Crippen molar-refractivity contribution in [3.05, 3.63) is 29.6 Å². The highest BCUT2D eigenvalue weighted by Crippen LogP contribution is 2.35. The van der Waals surface area contributed by atoms with Gasteiger partial charge in [-0.05, 0) is 25.5 Å². The molecule has 0 fully saturated rings. The van der Waals surface area contributed by atoms with Gasteiger partial charge in [-0.2, -0.15) is 10.1 Å². The average molecular weight is 274 g/mol. The number of rotatable bonds is 3. The largest absolute Gasteiger partial charge is 0.497 e. The van der Waals surface area contributed by atoms with Crippen LogP contribution in [0.4, 0.5) is 5.95 Å². The first-order valence-corrected chi connectivity index (χ1v) is 6.62. The van der Waals surface area contributed by atoms with Crippen LogP contribution in [0.2, 0.25) is 0 Å². The number of benzene rings is 1. The Labute approximate surface area is 117 Å². The number of nitrogens with one attached hydrogen (secondary N) is 1. The van der Waals surface area contributed by atoms with Crippen LogP contribution in [0.15, 0.2) is 18.2 Å². The van der Waals surface area contributed by atoms with Gasteiger partial charge < -0.3 is 14.8 Å². The van der Waals surface area contributed by atoms with E-state index < -0.39 is 0 Å². The smallest absolute Gasteiger partial charge is 0.221 e. The first-order chi connectivity index (χ1) is 9.72. The molecule has 0 saturated heterocycles. The summed E-state index contributed by atoms with van der Waals surface area (Å²) in [5, 5.41) is 7.75. The molecule has 2 aromatic rings. The van der Waals surface area contributed by atoms with Crippen molar-refractivity contribution < 1.29 is 9.47 Å². The van der Waals surface area contributed by atoms with Gasteiger partial charge in [0.15, 0.2) is 0 Å². The van der Waals surface area contributed by atoms with Crippen molar-refractivity contribution in [1.29, 1.82) is 0 Å². The predicted molar refractivity (Wildman–Crippen MR) is 75.6 cm³/mol. The molecule has 1 N–H and O–H groups in total. The van der Waals surface area contributed by atoms with Crippen LogP contribution in [-0.2, 0) is 0 Å². The molecule has 106 valence electrons. The number of nitrogens with zero attached hydrogens (tertiary/aromatic N) is 3. The van der Waals surface area contributed by atoms with Crippen LogP contribution in [0, 0.1) is 6.92 Å². The molecule has 0 spiro atoms. The molecule has 6 heteroatoms. The lowest BCUT2D eigenvalue weighted by Gasteiger charge is -2.26. The number of anilines is 1. The Hall–Kier alpha value is -2.24. The fourth-order valence-corrected chi connectivity index (χ4v) is 2.59. The molecule has 1 aliphatic heterocycles. The molecule has 3 rings (SSSR count). The fourth-order valence-electron chi connectivity index (χ4n) is 2.59. The average Bonchev–Trinajstić information content (AvgIpc) is 2.86. The summed E-state index contributed by atoms with van der Waals surface area (Å²) in [4.78, 5) is 4.39. The Morgan fingerprint density at radius 2 is 2.15 bits per heavy atom. The molecule has 2 heterocycles. The van der Waals surface area contributed by atoms with Crippen LogP contribution < -0.4 is 14.8 Å². The third-order valence-electron chi connectivity index (χ3n) is 3.53. The van der Waals surface area contributed by atoms with Crippen molar-refractivity contribution in [2.24, 2.45) is 0 Å². The minimum atomic E-state index is 0.133. The van der Waals surface area contributed by atoms with E-state index in [2.05, 4.69) is 15.4 Å². The zero-order valence-corrected chi connectivity index (χ0v) is 11.9. The Kier molecular flexibility index (Phi) is 3.22. The Bertz CT molecular complexity index is 624. The first-order valence-electron chi connectivity index (χ1n) is 6.62. The van der Waals surface area contributed by atoms with E-state index in [9.17, 15) is 0 Å². The summed E-state index contributed by atoms with van der Waals surface area (Å²) in [6.45, 7) is 2.77. The number of fused-ring (bicyclic) bond motifs is 1. The van der Waals surface area contributed by atoms with Crippen molar-refractivity contribution in [2.75, 3.05) is 26.1 Å². The molecule has 20 heavy (non-hydrogen) atoms. The summed E-state index contributed by atoms with van der Waals surface area (Å²) in [5.74, 6) is 3.19. The zero-order chi connectivity index (χ0) is 14.1. The van der Waals surface area contributed by atoms with Crippen LogP contribution in [-0.4, -0.2) is 35.5 Å². The Balaban J connectivity index is 2.05. The van der Waals surface area contributed by atoms with Gasteiger partial charge in [0.2, 0.25) is 5.95 Å². The van der Waals surface area contributed by atoms with E-state index in [1.54, 1.807) is 14.2 Å². The summed E-state index contributed by atoms with van der Waals surface area (Å²) in [6, 6.07) is 6.02. The molecular weight excluding hydrogens is 256 g/mol. The molecule has 0 amide bonds. The molecule has 6 nitrogen and oxygen atoms in total. The van der Waals surface area contributed by atoms with Gasteiger partial charge in [0.05, 0.1) is 20.3 Å². The molecule has 1 aromatic carbocycles. The van der Waals surface area contributed by atoms with Crippen molar-refractivity contribution in [3.63, 3.8) is 0 Å². The van der Waals surface area contributed by atoms with Gasteiger partial charge in [0, 0.05) is 18.2 Å². The number of aromatic nitrogens is 3. The molecular formula is C14H18N4O2. The maximum Gasteiger partial charge on any atom is 0.221 e. The third kappa shape index (κ3) is 2.07. The molecule has 1 aromatic heterocycles. The number of hydrogen-bond donors (Lipinski definition) is 1. The van der Waals surface area contributed by atoms with E-state index in [4.69, 9.17) is 9.47 Å². The molecule has 1 aliphatic rings. The third-order valence-corrected chi connectivity index (χ3v) is 3.53. The molecule has 1 unspecified atom stereocenters. The predicted octanol–water partition coefficient (Wildman–Crippen LogP) is 2.01. The van der Waals surface area contributed by atoms with Crippen molar-refractivity contribution in [2.45, 2.75) is 19.4 Å². The lowest BCUT2D eigenvalue weighted by molar-refractivity contribution is 0.379. The van der Waals surface area contributed by atoms with Gasteiger partial charge in [-0.15, -0.1) is 0 Å². The van der Waals surface area contributed by atoms with Crippen molar-refractivity contribution >= 4 is 5.95 Å². The Morgan fingerprint density at radius 1 is 1.30 bits per heavy atom. The fraction of sp³-hybridized carbons (Fsp3) is 0.429. The van der Waals surface area contributed by atoms with E-state index in [-0.39, 0.29) is 6.04 Å².